The third-order valence-corrected chi connectivity index (χ3v) is 3.16. The molecule has 0 amide bonds. The van der Waals surface area contributed by atoms with Gasteiger partial charge in [0.05, 0.1) is 0 Å². The highest BCUT2D eigenvalue weighted by atomic mass is 16.3. The molecule has 2 N–H and O–H groups in total. The zero-order chi connectivity index (χ0) is 13.1. The van der Waals surface area contributed by atoms with Crippen LogP contribution in [-0.4, -0.2) is 10.2 Å². The highest BCUT2D eigenvalue weighted by molar-refractivity contribution is 5.44. The quantitative estimate of drug-likeness (QED) is 0.864. The Kier molecular flexibility index (Phi) is 3.56. The number of aryl methyl sites for hydroxylation is 2. The van der Waals surface area contributed by atoms with E-state index in [0.29, 0.717) is 5.75 Å². The van der Waals surface area contributed by atoms with E-state index in [1.165, 1.54) is 5.56 Å². The third kappa shape index (κ3) is 2.65. The van der Waals surface area contributed by atoms with Gasteiger partial charge in [-0.25, -0.2) is 0 Å². The SMILES string of the molecule is CCc1cc(Cc2ccc(O)cc2)cc(C)c1O. The molecule has 0 fully saturated rings. The molecule has 0 unspecified atom stereocenters. The molecule has 0 atom stereocenters. The monoisotopic (exact) mass is 242 g/mol. The number of benzene rings is 2. The molecule has 0 radical (unpaired) electrons. The summed E-state index contributed by atoms with van der Waals surface area (Å²) in [6.07, 6.45) is 1.64. The molecule has 18 heavy (non-hydrogen) atoms. The van der Waals surface area contributed by atoms with Crippen LogP contribution in [0.5, 0.6) is 11.5 Å². The first-order chi connectivity index (χ1) is 8.60. The lowest BCUT2D eigenvalue weighted by molar-refractivity contribution is 0.464. The van der Waals surface area contributed by atoms with Gasteiger partial charge in [-0.2, -0.15) is 0 Å². The van der Waals surface area contributed by atoms with E-state index >= 15 is 0 Å². The fourth-order valence-corrected chi connectivity index (χ4v) is 2.15. The van der Waals surface area contributed by atoms with Crippen molar-refractivity contribution in [3.8, 4) is 11.5 Å². The van der Waals surface area contributed by atoms with Crippen molar-refractivity contribution in [3.63, 3.8) is 0 Å². The van der Waals surface area contributed by atoms with Crippen LogP contribution in [-0.2, 0) is 12.8 Å². The van der Waals surface area contributed by atoms with E-state index < -0.39 is 0 Å². The van der Waals surface area contributed by atoms with Crippen molar-refractivity contribution in [1.29, 1.82) is 0 Å². The van der Waals surface area contributed by atoms with Crippen LogP contribution in [0.4, 0.5) is 0 Å². The van der Waals surface area contributed by atoms with Crippen LogP contribution >= 0.6 is 0 Å². The van der Waals surface area contributed by atoms with Gasteiger partial charge in [-0.15, -0.1) is 0 Å². The highest BCUT2D eigenvalue weighted by Gasteiger charge is 2.06. The van der Waals surface area contributed by atoms with Gasteiger partial charge in [-0.05, 0) is 54.2 Å². The first-order valence-electron chi connectivity index (χ1n) is 6.19. The number of hydrogen-bond acceptors (Lipinski definition) is 2. The summed E-state index contributed by atoms with van der Waals surface area (Å²) in [7, 11) is 0. The number of aromatic hydroxyl groups is 2. The Morgan fingerprint density at radius 3 is 2.22 bits per heavy atom. The molecule has 0 aliphatic rings. The molecule has 0 aliphatic heterocycles. The molecule has 0 heterocycles. The second-order valence-electron chi connectivity index (χ2n) is 4.62. The summed E-state index contributed by atoms with van der Waals surface area (Å²) in [5, 5.41) is 19.1. The van der Waals surface area contributed by atoms with Gasteiger partial charge in [0.1, 0.15) is 11.5 Å². The van der Waals surface area contributed by atoms with Crippen molar-refractivity contribution in [2.24, 2.45) is 0 Å². The van der Waals surface area contributed by atoms with Gasteiger partial charge in [0.2, 0.25) is 0 Å². The van der Waals surface area contributed by atoms with Crippen LogP contribution < -0.4 is 0 Å². The largest absolute Gasteiger partial charge is 0.508 e. The fraction of sp³-hybridized carbons (Fsp3) is 0.250. The van der Waals surface area contributed by atoms with E-state index in [1.54, 1.807) is 12.1 Å². The molecule has 0 saturated heterocycles. The lowest BCUT2D eigenvalue weighted by Crippen LogP contribution is -1.93. The Morgan fingerprint density at radius 2 is 1.61 bits per heavy atom. The third-order valence-electron chi connectivity index (χ3n) is 3.16. The zero-order valence-corrected chi connectivity index (χ0v) is 10.8. The average Bonchev–Trinajstić information content (AvgIpc) is 2.36. The van der Waals surface area contributed by atoms with Crippen molar-refractivity contribution in [2.75, 3.05) is 0 Å². The summed E-state index contributed by atoms with van der Waals surface area (Å²) >= 11 is 0. The molecule has 2 aromatic carbocycles. The first-order valence-corrected chi connectivity index (χ1v) is 6.19. The summed E-state index contributed by atoms with van der Waals surface area (Å²) in [6, 6.07) is 11.3. The first kappa shape index (κ1) is 12.5. The molecule has 0 bridgehead atoms. The molecular formula is C16H18O2. The van der Waals surface area contributed by atoms with Gasteiger partial charge in [0.25, 0.3) is 0 Å². The second kappa shape index (κ2) is 5.13. The van der Waals surface area contributed by atoms with Crippen LogP contribution in [0.2, 0.25) is 0 Å². The number of phenols is 2. The normalized spacial score (nSPS) is 10.6. The maximum Gasteiger partial charge on any atom is 0.121 e. The second-order valence-corrected chi connectivity index (χ2v) is 4.62. The minimum Gasteiger partial charge on any atom is -0.508 e. The molecule has 2 aromatic rings. The Balaban J connectivity index is 2.29. The summed E-state index contributed by atoms with van der Waals surface area (Å²) in [4.78, 5) is 0. The van der Waals surface area contributed by atoms with Crippen molar-refractivity contribution >= 4 is 0 Å². The molecule has 2 heteroatoms. The molecule has 0 aromatic heterocycles. The predicted octanol–water partition coefficient (Wildman–Crippen LogP) is 3.56. The number of rotatable bonds is 3. The number of hydrogen-bond donors (Lipinski definition) is 2. The zero-order valence-electron chi connectivity index (χ0n) is 10.8. The molecular weight excluding hydrogens is 224 g/mol. The Labute approximate surface area is 108 Å². The van der Waals surface area contributed by atoms with Crippen LogP contribution in [0, 0.1) is 6.92 Å². The Hall–Kier alpha value is -1.96. The van der Waals surface area contributed by atoms with E-state index in [4.69, 9.17) is 0 Å². The smallest absolute Gasteiger partial charge is 0.121 e. The summed E-state index contributed by atoms with van der Waals surface area (Å²) in [5.74, 6) is 0.696. The van der Waals surface area contributed by atoms with Crippen molar-refractivity contribution < 1.29 is 10.2 Å². The highest BCUT2D eigenvalue weighted by Crippen LogP contribution is 2.25. The van der Waals surface area contributed by atoms with Crippen LogP contribution in [0.1, 0.15) is 29.2 Å². The number of phenolic OH excluding ortho intramolecular Hbond substituents is 2. The van der Waals surface area contributed by atoms with Crippen LogP contribution in [0.3, 0.4) is 0 Å². The summed E-state index contributed by atoms with van der Waals surface area (Å²) in [5.41, 5.74) is 4.25. The fourth-order valence-electron chi connectivity index (χ4n) is 2.15. The minimum atomic E-state index is 0.287. The summed E-state index contributed by atoms with van der Waals surface area (Å²) in [6.45, 7) is 3.97. The molecule has 0 spiro atoms. The van der Waals surface area contributed by atoms with E-state index in [1.807, 2.05) is 32.0 Å². The molecule has 0 aliphatic carbocycles. The Bertz CT molecular complexity index is 542. The van der Waals surface area contributed by atoms with Gasteiger partial charge < -0.3 is 10.2 Å². The van der Waals surface area contributed by atoms with Gasteiger partial charge in [-0.3, -0.25) is 0 Å². The lowest BCUT2D eigenvalue weighted by atomic mass is 9.98. The molecule has 94 valence electrons. The van der Waals surface area contributed by atoms with E-state index in [-0.39, 0.29) is 5.75 Å². The van der Waals surface area contributed by atoms with Gasteiger partial charge in [0, 0.05) is 0 Å². The van der Waals surface area contributed by atoms with E-state index in [2.05, 4.69) is 6.07 Å². The lowest BCUT2D eigenvalue weighted by Gasteiger charge is -2.09. The maximum absolute atomic E-state index is 9.89. The molecule has 2 rings (SSSR count). The van der Waals surface area contributed by atoms with Crippen molar-refractivity contribution in [1.82, 2.24) is 0 Å². The van der Waals surface area contributed by atoms with Crippen molar-refractivity contribution in [2.45, 2.75) is 26.7 Å². The van der Waals surface area contributed by atoms with E-state index in [9.17, 15) is 10.2 Å². The topological polar surface area (TPSA) is 40.5 Å². The Morgan fingerprint density at radius 1 is 0.944 bits per heavy atom. The molecule has 0 saturated carbocycles. The standard InChI is InChI=1S/C16H18O2/c1-3-14-10-13(8-11(2)16(14)18)9-12-4-6-15(17)7-5-12/h4-8,10,17-18H,3,9H2,1-2H3. The van der Waals surface area contributed by atoms with Crippen LogP contribution in [0.15, 0.2) is 36.4 Å². The van der Waals surface area contributed by atoms with Gasteiger partial charge in [0.15, 0.2) is 0 Å². The van der Waals surface area contributed by atoms with E-state index in [0.717, 1.165) is 29.5 Å². The minimum absolute atomic E-state index is 0.287. The van der Waals surface area contributed by atoms with Crippen molar-refractivity contribution in [3.05, 3.63) is 58.7 Å². The molecule has 2 nitrogen and oxygen atoms in total. The predicted molar refractivity (Wildman–Crippen MR) is 73.1 cm³/mol. The van der Waals surface area contributed by atoms with Crippen LogP contribution in [0.25, 0.3) is 0 Å². The average molecular weight is 242 g/mol. The maximum atomic E-state index is 9.89. The van der Waals surface area contributed by atoms with Gasteiger partial charge in [-0.1, -0.05) is 31.2 Å². The summed E-state index contributed by atoms with van der Waals surface area (Å²) < 4.78 is 0. The van der Waals surface area contributed by atoms with Gasteiger partial charge >= 0.3 is 0 Å².